The van der Waals surface area contributed by atoms with Gasteiger partial charge in [0.2, 0.25) is 11.8 Å². The second kappa shape index (κ2) is 13.1. The highest BCUT2D eigenvalue weighted by Gasteiger charge is 2.33. The van der Waals surface area contributed by atoms with E-state index < -0.39 is 34.3 Å². The summed E-state index contributed by atoms with van der Waals surface area (Å²) in [6, 6.07) is 17.1. The van der Waals surface area contributed by atoms with Crippen molar-refractivity contribution in [3.8, 4) is 0 Å². The van der Waals surface area contributed by atoms with Crippen LogP contribution in [0.15, 0.2) is 77.7 Å². The van der Waals surface area contributed by atoms with Crippen LogP contribution in [0.1, 0.15) is 38.3 Å². The minimum atomic E-state index is -4.19. The van der Waals surface area contributed by atoms with Crippen molar-refractivity contribution in [2.75, 3.05) is 10.8 Å². The zero-order chi connectivity index (χ0) is 28.7. The van der Waals surface area contributed by atoms with Crippen molar-refractivity contribution in [2.45, 2.75) is 57.6 Å². The molecule has 39 heavy (non-hydrogen) atoms. The lowest BCUT2D eigenvalue weighted by atomic mass is 10.1. The van der Waals surface area contributed by atoms with Crippen molar-refractivity contribution in [3.63, 3.8) is 0 Å². The summed E-state index contributed by atoms with van der Waals surface area (Å²) in [6.45, 7) is 6.48. The Labute approximate surface area is 234 Å². The third-order valence-electron chi connectivity index (χ3n) is 6.48. The number of sulfonamides is 1. The van der Waals surface area contributed by atoms with Crippen molar-refractivity contribution >= 4 is 39.1 Å². The SMILES string of the molecule is CC[C@H](C)NC(=O)[C@@H](C)N(Cc1ccc(F)cc1)C(=O)CN(c1cc(Cl)ccc1C)S(=O)(=O)c1ccccc1. The summed E-state index contributed by atoms with van der Waals surface area (Å²) in [5.74, 6) is -1.42. The number of hydrogen-bond acceptors (Lipinski definition) is 4. The van der Waals surface area contributed by atoms with E-state index in [1.165, 1.54) is 47.4 Å². The molecule has 0 aromatic heterocycles. The molecule has 1 N–H and O–H groups in total. The van der Waals surface area contributed by atoms with Crippen LogP contribution >= 0.6 is 11.6 Å². The first kappa shape index (κ1) is 30.1. The number of anilines is 1. The van der Waals surface area contributed by atoms with Gasteiger partial charge in [0, 0.05) is 17.6 Å². The first-order valence-electron chi connectivity index (χ1n) is 12.6. The van der Waals surface area contributed by atoms with Gasteiger partial charge in [0.1, 0.15) is 18.4 Å². The molecular formula is C29H33ClFN3O4S. The number of aryl methyl sites for hydroxylation is 1. The van der Waals surface area contributed by atoms with Crippen LogP contribution in [0.3, 0.4) is 0 Å². The molecule has 0 radical (unpaired) electrons. The van der Waals surface area contributed by atoms with Gasteiger partial charge in [-0.05, 0) is 74.7 Å². The molecule has 2 atom stereocenters. The molecule has 3 aromatic rings. The van der Waals surface area contributed by atoms with Gasteiger partial charge >= 0.3 is 0 Å². The van der Waals surface area contributed by atoms with Gasteiger partial charge in [-0.2, -0.15) is 0 Å². The van der Waals surface area contributed by atoms with Crippen LogP contribution in [0.25, 0.3) is 0 Å². The summed E-state index contributed by atoms with van der Waals surface area (Å²) in [5, 5.41) is 3.18. The molecule has 10 heteroatoms. The van der Waals surface area contributed by atoms with E-state index in [9.17, 15) is 22.4 Å². The van der Waals surface area contributed by atoms with Crippen molar-refractivity contribution in [2.24, 2.45) is 0 Å². The van der Waals surface area contributed by atoms with Gasteiger partial charge < -0.3 is 10.2 Å². The molecule has 0 aliphatic rings. The fourth-order valence-electron chi connectivity index (χ4n) is 3.92. The Morgan fingerprint density at radius 3 is 2.26 bits per heavy atom. The largest absolute Gasteiger partial charge is 0.352 e. The number of benzene rings is 3. The first-order valence-corrected chi connectivity index (χ1v) is 14.4. The fourth-order valence-corrected chi connectivity index (χ4v) is 5.58. The first-order chi connectivity index (χ1) is 18.4. The molecule has 0 bridgehead atoms. The summed E-state index contributed by atoms with van der Waals surface area (Å²) in [5.41, 5.74) is 1.43. The molecule has 0 aliphatic heterocycles. The molecule has 7 nitrogen and oxygen atoms in total. The number of carbonyl (C=O) groups is 2. The highest BCUT2D eigenvalue weighted by molar-refractivity contribution is 7.92. The summed E-state index contributed by atoms with van der Waals surface area (Å²) >= 11 is 6.23. The Morgan fingerprint density at radius 2 is 1.64 bits per heavy atom. The second-order valence-electron chi connectivity index (χ2n) is 9.40. The Kier molecular flexibility index (Phi) is 10.1. The van der Waals surface area contributed by atoms with Crippen LogP contribution in [-0.4, -0.2) is 43.8 Å². The van der Waals surface area contributed by atoms with E-state index in [-0.39, 0.29) is 29.1 Å². The molecule has 0 aliphatic carbocycles. The highest BCUT2D eigenvalue weighted by atomic mass is 35.5. The van der Waals surface area contributed by atoms with E-state index in [4.69, 9.17) is 11.6 Å². The monoisotopic (exact) mass is 573 g/mol. The van der Waals surface area contributed by atoms with E-state index in [0.717, 1.165) is 4.31 Å². The van der Waals surface area contributed by atoms with Crippen LogP contribution in [0, 0.1) is 12.7 Å². The molecule has 2 amide bonds. The average Bonchev–Trinajstić information content (AvgIpc) is 2.92. The predicted molar refractivity (Wildman–Crippen MR) is 151 cm³/mol. The molecule has 0 spiro atoms. The summed E-state index contributed by atoms with van der Waals surface area (Å²) < 4.78 is 42.2. The van der Waals surface area contributed by atoms with Gasteiger partial charge in [-0.25, -0.2) is 12.8 Å². The second-order valence-corrected chi connectivity index (χ2v) is 11.7. The van der Waals surface area contributed by atoms with Crippen LogP contribution in [-0.2, 0) is 26.2 Å². The summed E-state index contributed by atoms with van der Waals surface area (Å²) in [6.07, 6.45) is 0.696. The molecule has 208 valence electrons. The maximum Gasteiger partial charge on any atom is 0.264 e. The van der Waals surface area contributed by atoms with Crippen molar-refractivity contribution in [1.29, 1.82) is 0 Å². The lowest BCUT2D eigenvalue weighted by molar-refractivity contribution is -0.139. The number of carbonyl (C=O) groups excluding carboxylic acids is 2. The minimum Gasteiger partial charge on any atom is -0.352 e. The lowest BCUT2D eigenvalue weighted by Crippen LogP contribution is -2.52. The molecule has 0 unspecified atom stereocenters. The van der Waals surface area contributed by atoms with E-state index >= 15 is 0 Å². The van der Waals surface area contributed by atoms with E-state index in [2.05, 4.69) is 5.32 Å². The molecule has 0 saturated heterocycles. The van der Waals surface area contributed by atoms with Crippen LogP contribution in [0.2, 0.25) is 5.02 Å². The zero-order valence-electron chi connectivity index (χ0n) is 22.4. The molecule has 3 aromatic carbocycles. The van der Waals surface area contributed by atoms with Crippen molar-refractivity contribution in [3.05, 3.63) is 94.8 Å². The zero-order valence-corrected chi connectivity index (χ0v) is 24.0. The number of nitrogens with one attached hydrogen (secondary N) is 1. The quantitative estimate of drug-likeness (QED) is 0.337. The molecule has 0 saturated carbocycles. The van der Waals surface area contributed by atoms with E-state index in [1.54, 1.807) is 44.2 Å². The van der Waals surface area contributed by atoms with Gasteiger partial charge in [-0.15, -0.1) is 0 Å². The van der Waals surface area contributed by atoms with Crippen molar-refractivity contribution in [1.82, 2.24) is 10.2 Å². The van der Waals surface area contributed by atoms with Gasteiger partial charge in [-0.3, -0.25) is 13.9 Å². The Morgan fingerprint density at radius 1 is 1.00 bits per heavy atom. The number of rotatable bonds is 11. The number of nitrogens with zero attached hydrogens (tertiary/aromatic N) is 2. The fraction of sp³-hybridized carbons (Fsp3) is 0.310. The van der Waals surface area contributed by atoms with Crippen LogP contribution < -0.4 is 9.62 Å². The summed E-state index contributed by atoms with van der Waals surface area (Å²) in [4.78, 5) is 28.3. The third-order valence-corrected chi connectivity index (χ3v) is 8.49. The highest BCUT2D eigenvalue weighted by Crippen LogP contribution is 2.30. The van der Waals surface area contributed by atoms with Gasteiger partial charge in [-0.1, -0.05) is 54.9 Å². The number of halogens is 2. The Balaban J connectivity index is 2.05. The van der Waals surface area contributed by atoms with Gasteiger partial charge in [0.15, 0.2) is 0 Å². The Hall–Kier alpha value is -3.43. The molecule has 3 rings (SSSR count). The number of amides is 2. The van der Waals surface area contributed by atoms with Crippen LogP contribution in [0.5, 0.6) is 0 Å². The standard InChI is InChI=1S/C29H33ClFN3O4S/c1-5-21(3)32-29(36)22(4)33(18-23-12-15-25(31)16-13-23)28(35)19-34(27-17-24(30)14-11-20(27)2)39(37,38)26-9-7-6-8-10-26/h6-17,21-22H,5,18-19H2,1-4H3,(H,32,36)/t21-,22+/m0/s1. The Bertz CT molecular complexity index is 1400. The maximum atomic E-state index is 13.9. The van der Waals surface area contributed by atoms with E-state index in [0.29, 0.717) is 22.6 Å². The maximum absolute atomic E-state index is 13.9. The summed E-state index contributed by atoms with van der Waals surface area (Å²) in [7, 11) is -4.19. The number of hydrogen-bond donors (Lipinski definition) is 1. The molecule has 0 fully saturated rings. The van der Waals surface area contributed by atoms with Gasteiger partial charge in [0.25, 0.3) is 10.0 Å². The smallest absolute Gasteiger partial charge is 0.264 e. The molecular weight excluding hydrogens is 541 g/mol. The van der Waals surface area contributed by atoms with E-state index in [1.807, 2.05) is 13.8 Å². The van der Waals surface area contributed by atoms with Crippen LogP contribution in [0.4, 0.5) is 10.1 Å². The van der Waals surface area contributed by atoms with Crippen molar-refractivity contribution < 1.29 is 22.4 Å². The lowest BCUT2D eigenvalue weighted by Gasteiger charge is -2.33. The predicted octanol–water partition coefficient (Wildman–Crippen LogP) is 5.31. The average molecular weight is 574 g/mol. The van der Waals surface area contributed by atoms with Gasteiger partial charge in [0.05, 0.1) is 10.6 Å². The normalized spacial score (nSPS) is 12.9. The minimum absolute atomic E-state index is 0.00447. The molecule has 0 heterocycles. The topological polar surface area (TPSA) is 86.8 Å². The third kappa shape index (κ3) is 7.58.